The molecular formula is C12H9BrF3N3O. The summed E-state index contributed by atoms with van der Waals surface area (Å²) in [5, 5.41) is 5.73. The molecule has 0 aliphatic heterocycles. The van der Waals surface area contributed by atoms with Crippen molar-refractivity contribution in [3.05, 3.63) is 46.7 Å². The molecule has 1 aromatic carbocycles. The van der Waals surface area contributed by atoms with E-state index in [1.165, 1.54) is 17.1 Å². The Labute approximate surface area is 120 Å². The fourth-order valence-electron chi connectivity index (χ4n) is 1.46. The van der Waals surface area contributed by atoms with Crippen LogP contribution in [0.5, 0.6) is 0 Å². The summed E-state index contributed by atoms with van der Waals surface area (Å²) in [5.74, 6) is -0.814. The zero-order chi connectivity index (χ0) is 14.8. The van der Waals surface area contributed by atoms with Crippen LogP contribution in [0.3, 0.4) is 0 Å². The molecule has 1 heterocycles. The standard InChI is InChI=1S/C12H9BrF3N3O/c13-9-1-3-10(4-2-9)19-6-8(5-18-19)11(20)17-7-12(14,15)16/h1-6H,7H2,(H,17,20). The van der Waals surface area contributed by atoms with Gasteiger partial charge in [-0.2, -0.15) is 18.3 Å². The van der Waals surface area contributed by atoms with Crippen molar-refractivity contribution >= 4 is 21.8 Å². The van der Waals surface area contributed by atoms with Crippen LogP contribution in [0.1, 0.15) is 10.4 Å². The molecule has 0 atom stereocenters. The largest absolute Gasteiger partial charge is 0.405 e. The van der Waals surface area contributed by atoms with Gasteiger partial charge < -0.3 is 5.32 Å². The van der Waals surface area contributed by atoms with E-state index in [9.17, 15) is 18.0 Å². The molecule has 0 bridgehead atoms. The lowest BCUT2D eigenvalue weighted by molar-refractivity contribution is -0.123. The summed E-state index contributed by atoms with van der Waals surface area (Å²) in [5.41, 5.74) is 0.764. The molecule has 8 heteroatoms. The number of hydrogen-bond acceptors (Lipinski definition) is 2. The number of nitrogens with zero attached hydrogens (tertiary/aromatic N) is 2. The minimum Gasteiger partial charge on any atom is -0.343 e. The highest BCUT2D eigenvalue weighted by Gasteiger charge is 2.28. The summed E-state index contributed by atoms with van der Waals surface area (Å²) in [4.78, 5) is 11.5. The molecule has 0 aliphatic rings. The maximum absolute atomic E-state index is 12.0. The van der Waals surface area contributed by atoms with Gasteiger partial charge in [-0.1, -0.05) is 15.9 Å². The third-order valence-corrected chi connectivity index (χ3v) is 2.91. The zero-order valence-electron chi connectivity index (χ0n) is 9.99. The van der Waals surface area contributed by atoms with Crippen LogP contribution in [0.15, 0.2) is 41.1 Å². The molecule has 0 fully saturated rings. The Balaban J connectivity index is 2.09. The van der Waals surface area contributed by atoms with E-state index in [-0.39, 0.29) is 5.56 Å². The second-order valence-electron chi connectivity index (χ2n) is 3.95. The maximum Gasteiger partial charge on any atom is 0.405 e. The smallest absolute Gasteiger partial charge is 0.343 e. The summed E-state index contributed by atoms with van der Waals surface area (Å²) in [7, 11) is 0. The van der Waals surface area contributed by atoms with E-state index < -0.39 is 18.6 Å². The van der Waals surface area contributed by atoms with Gasteiger partial charge in [-0.15, -0.1) is 0 Å². The summed E-state index contributed by atoms with van der Waals surface area (Å²) >= 11 is 3.29. The average molecular weight is 348 g/mol. The van der Waals surface area contributed by atoms with Crippen LogP contribution >= 0.6 is 15.9 Å². The Morgan fingerprint density at radius 3 is 2.55 bits per heavy atom. The van der Waals surface area contributed by atoms with E-state index in [1.54, 1.807) is 29.6 Å². The van der Waals surface area contributed by atoms with Gasteiger partial charge in [0.2, 0.25) is 0 Å². The first-order chi connectivity index (χ1) is 9.35. The van der Waals surface area contributed by atoms with Crippen LogP contribution in [-0.2, 0) is 0 Å². The number of hydrogen-bond donors (Lipinski definition) is 1. The van der Waals surface area contributed by atoms with Gasteiger partial charge in [0.15, 0.2) is 0 Å². The molecule has 20 heavy (non-hydrogen) atoms. The molecule has 0 radical (unpaired) electrons. The summed E-state index contributed by atoms with van der Waals surface area (Å²) in [6, 6.07) is 7.10. The SMILES string of the molecule is O=C(NCC(F)(F)F)c1cnn(-c2ccc(Br)cc2)c1. The van der Waals surface area contributed by atoms with E-state index in [0.29, 0.717) is 5.69 Å². The van der Waals surface area contributed by atoms with Gasteiger partial charge in [-0.05, 0) is 24.3 Å². The molecule has 1 N–H and O–H groups in total. The maximum atomic E-state index is 12.0. The molecule has 0 spiro atoms. The molecule has 2 rings (SSSR count). The van der Waals surface area contributed by atoms with Gasteiger partial charge >= 0.3 is 6.18 Å². The Kier molecular flexibility index (Phi) is 4.12. The zero-order valence-corrected chi connectivity index (χ0v) is 11.6. The lowest BCUT2D eigenvalue weighted by Crippen LogP contribution is -2.33. The minimum absolute atomic E-state index is 0.0668. The number of nitrogens with one attached hydrogen (secondary N) is 1. The van der Waals surface area contributed by atoms with E-state index in [0.717, 1.165) is 4.47 Å². The molecule has 0 saturated heterocycles. The molecule has 4 nitrogen and oxygen atoms in total. The number of benzene rings is 1. The Morgan fingerprint density at radius 2 is 1.95 bits per heavy atom. The topological polar surface area (TPSA) is 46.9 Å². The number of carbonyl (C=O) groups is 1. The summed E-state index contributed by atoms with van der Waals surface area (Å²) in [6.07, 6.45) is -1.85. The predicted molar refractivity (Wildman–Crippen MR) is 69.7 cm³/mol. The second-order valence-corrected chi connectivity index (χ2v) is 4.86. The Hall–Kier alpha value is -1.83. The van der Waals surface area contributed by atoms with Gasteiger partial charge in [0.1, 0.15) is 6.54 Å². The van der Waals surface area contributed by atoms with Gasteiger partial charge in [0.05, 0.1) is 17.4 Å². The lowest BCUT2D eigenvalue weighted by atomic mass is 10.3. The first kappa shape index (κ1) is 14.6. The number of aromatic nitrogens is 2. The first-order valence-electron chi connectivity index (χ1n) is 5.51. The molecule has 106 valence electrons. The van der Waals surface area contributed by atoms with Crippen LogP contribution in [0.4, 0.5) is 13.2 Å². The van der Waals surface area contributed by atoms with Crippen LogP contribution in [-0.4, -0.2) is 28.4 Å². The number of alkyl halides is 3. The van der Waals surface area contributed by atoms with E-state index >= 15 is 0 Å². The number of amides is 1. The highest BCUT2D eigenvalue weighted by atomic mass is 79.9. The van der Waals surface area contributed by atoms with Crippen molar-refractivity contribution in [2.75, 3.05) is 6.54 Å². The summed E-state index contributed by atoms with van der Waals surface area (Å²) in [6.45, 7) is -1.37. The highest BCUT2D eigenvalue weighted by Crippen LogP contribution is 2.15. The van der Waals surface area contributed by atoms with Gasteiger partial charge in [0, 0.05) is 10.7 Å². The van der Waals surface area contributed by atoms with Gasteiger partial charge in [0.25, 0.3) is 5.91 Å². The van der Waals surface area contributed by atoms with Crippen molar-refractivity contribution in [1.82, 2.24) is 15.1 Å². The molecule has 1 amide bonds. The highest BCUT2D eigenvalue weighted by molar-refractivity contribution is 9.10. The van der Waals surface area contributed by atoms with Gasteiger partial charge in [-0.3, -0.25) is 4.79 Å². The Morgan fingerprint density at radius 1 is 1.30 bits per heavy atom. The van der Waals surface area contributed by atoms with E-state index in [4.69, 9.17) is 0 Å². The van der Waals surface area contributed by atoms with Crippen molar-refractivity contribution in [3.8, 4) is 5.69 Å². The monoisotopic (exact) mass is 347 g/mol. The second kappa shape index (κ2) is 5.66. The predicted octanol–water partition coefficient (Wildman–Crippen LogP) is 2.93. The molecule has 0 aliphatic carbocycles. The van der Waals surface area contributed by atoms with Gasteiger partial charge in [-0.25, -0.2) is 4.68 Å². The van der Waals surface area contributed by atoms with Crippen molar-refractivity contribution < 1.29 is 18.0 Å². The quantitative estimate of drug-likeness (QED) is 0.927. The first-order valence-corrected chi connectivity index (χ1v) is 6.30. The van der Waals surface area contributed by atoms with E-state index in [1.807, 2.05) is 0 Å². The van der Waals surface area contributed by atoms with Crippen molar-refractivity contribution in [2.24, 2.45) is 0 Å². The van der Waals surface area contributed by atoms with Crippen LogP contribution in [0.25, 0.3) is 5.69 Å². The number of carbonyl (C=O) groups excluding carboxylic acids is 1. The molecular weight excluding hydrogens is 339 g/mol. The fraction of sp³-hybridized carbons (Fsp3) is 0.167. The molecule has 1 aromatic heterocycles. The van der Waals surface area contributed by atoms with Crippen molar-refractivity contribution in [3.63, 3.8) is 0 Å². The molecule has 0 unspecified atom stereocenters. The normalized spacial score (nSPS) is 11.4. The fourth-order valence-corrected chi connectivity index (χ4v) is 1.72. The van der Waals surface area contributed by atoms with Crippen LogP contribution < -0.4 is 5.32 Å². The molecule has 2 aromatic rings. The number of halogens is 4. The lowest BCUT2D eigenvalue weighted by Gasteiger charge is -2.06. The van der Waals surface area contributed by atoms with Crippen molar-refractivity contribution in [2.45, 2.75) is 6.18 Å². The summed E-state index contributed by atoms with van der Waals surface area (Å²) < 4.78 is 38.3. The minimum atomic E-state index is -4.43. The third-order valence-electron chi connectivity index (χ3n) is 2.39. The van der Waals surface area contributed by atoms with E-state index in [2.05, 4.69) is 21.0 Å². The third kappa shape index (κ3) is 3.83. The average Bonchev–Trinajstić information content (AvgIpc) is 2.85. The van der Waals surface area contributed by atoms with Crippen LogP contribution in [0.2, 0.25) is 0 Å². The molecule has 0 saturated carbocycles. The number of rotatable bonds is 3. The Bertz CT molecular complexity index is 607. The van der Waals surface area contributed by atoms with Crippen molar-refractivity contribution in [1.29, 1.82) is 0 Å². The van der Waals surface area contributed by atoms with Crippen LogP contribution in [0, 0.1) is 0 Å².